The predicted molar refractivity (Wildman–Crippen MR) is 100 cm³/mol. The number of nitrogens with one attached hydrogen (secondary N) is 3. The Morgan fingerprint density at radius 1 is 0.920 bits per heavy atom. The number of hydrogen-bond donors (Lipinski definition) is 3. The third kappa shape index (κ3) is 5.84. The van der Waals surface area contributed by atoms with E-state index in [1.165, 1.54) is 6.92 Å². The number of anilines is 3. The normalized spacial score (nSPS) is 11.3. The summed E-state index contributed by atoms with van der Waals surface area (Å²) >= 11 is 0. The molecule has 2 amide bonds. The Morgan fingerprint density at radius 3 is 1.96 bits per heavy atom. The molecule has 0 spiro atoms. The van der Waals surface area contributed by atoms with Crippen molar-refractivity contribution < 1.29 is 14.3 Å². The molecule has 0 radical (unpaired) electrons. The molecule has 2 rings (SSSR count). The highest BCUT2D eigenvalue weighted by Gasteiger charge is 2.13. The first-order valence-electron chi connectivity index (χ1n) is 8.16. The number of ether oxygens (including phenoxy) is 1. The van der Waals surface area contributed by atoms with Gasteiger partial charge in [0.25, 0.3) is 0 Å². The molecule has 2 aromatic carbocycles. The third-order valence-corrected chi connectivity index (χ3v) is 3.41. The van der Waals surface area contributed by atoms with Crippen LogP contribution in [-0.2, 0) is 9.59 Å². The van der Waals surface area contributed by atoms with E-state index in [1.807, 2.05) is 31.2 Å². The van der Waals surface area contributed by atoms with E-state index >= 15 is 0 Å². The van der Waals surface area contributed by atoms with Gasteiger partial charge in [0.05, 0.1) is 6.61 Å². The van der Waals surface area contributed by atoms with Crippen molar-refractivity contribution in [3.05, 3.63) is 48.5 Å². The minimum atomic E-state index is -0.409. The number of rotatable bonds is 7. The number of benzene rings is 2. The van der Waals surface area contributed by atoms with Gasteiger partial charge in [0.2, 0.25) is 11.8 Å². The Labute approximate surface area is 147 Å². The zero-order valence-electron chi connectivity index (χ0n) is 14.6. The summed E-state index contributed by atoms with van der Waals surface area (Å²) in [5, 5.41) is 8.66. The van der Waals surface area contributed by atoms with Crippen LogP contribution in [0.3, 0.4) is 0 Å². The van der Waals surface area contributed by atoms with Crippen LogP contribution >= 0.6 is 0 Å². The fourth-order valence-electron chi connectivity index (χ4n) is 2.22. The first kappa shape index (κ1) is 18.3. The van der Waals surface area contributed by atoms with Crippen LogP contribution in [0.25, 0.3) is 0 Å². The summed E-state index contributed by atoms with van der Waals surface area (Å²) in [6.07, 6.45) is 0. The Balaban J connectivity index is 1.90. The van der Waals surface area contributed by atoms with E-state index in [-0.39, 0.29) is 11.8 Å². The first-order chi connectivity index (χ1) is 12.0. The Morgan fingerprint density at radius 2 is 1.44 bits per heavy atom. The van der Waals surface area contributed by atoms with Crippen molar-refractivity contribution in [2.24, 2.45) is 0 Å². The average molecular weight is 341 g/mol. The summed E-state index contributed by atoms with van der Waals surface area (Å²) < 4.78 is 5.39. The van der Waals surface area contributed by atoms with Crippen LogP contribution in [0.2, 0.25) is 0 Å². The molecule has 0 unspecified atom stereocenters. The van der Waals surface area contributed by atoms with Crippen molar-refractivity contribution >= 4 is 28.9 Å². The van der Waals surface area contributed by atoms with E-state index in [1.54, 1.807) is 31.2 Å². The molecule has 0 heterocycles. The van der Waals surface area contributed by atoms with Crippen LogP contribution in [0.1, 0.15) is 20.8 Å². The van der Waals surface area contributed by atoms with Gasteiger partial charge in [-0.3, -0.25) is 9.59 Å². The molecule has 6 heteroatoms. The monoisotopic (exact) mass is 341 g/mol. The lowest BCUT2D eigenvalue weighted by Gasteiger charge is -2.16. The third-order valence-electron chi connectivity index (χ3n) is 3.41. The van der Waals surface area contributed by atoms with Crippen LogP contribution in [0.4, 0.5) is 17.1 Å². The summed E-state index contributed by atoms with van der Waals surface area (Å²) in [5.41, 5.74) is 2.19. The minimum Gasteiger partial charge on any atom is -0.494 e. The molecule has 0 bridgehead atoms. The summed E-state index contributed by atoms with van der Waals surface area (Å²) in [5.74, 6) is 0.510. The minimum absolute atomic E-state index is 0.134. The number of hydrogen-bond acceptors (Lipinski definition) is 4. The van der Waals surface area contributed by atoms with Gasteiger partial charge in [0.15, 0.2) is 0 Å². The van der Waals surface area contributed by atoms with Gasteiger partial charge >= 0.3 is 0 Å². The Bertz CT molecular complexity index is 712. The van der Waals surface area contributed by atoms with Gasteiger partial charge in [-0.05, 0) is 62.4 Å². The standard InChI is InChI=1S/C19H23N3O3/c1-4-25-18-11-9-15(10-12-18)20-13(2)19(24)22-17-7-5-16(6-8-17)21-14(3)23/h5-13,20H,4H2,1-3H3,(H,21,23)(H,22,24)/t13-/m0/s1. The zero-order chi connectivity index (χ0) is 18.2. The van der Waals surface area contributed by atoms with Gasteiger partial charge in [-0.1, -0.05) is 0 Å². The molecule has 0 aliphatic carbocycles. The Hall–Kier alpha value is -3.02. The van der Waals surface area contributed by atoms with Crippen LogP contribution in [0, 0.1) is 0 Å². The van der Waals surface area contributed by atoms with E-state index in [0.29, 0.717) is 18.0 Å². The highest BCUT2D eigenvalue weighted by molar-refractivity contribution is 5.96. The molecule has 6 nitrogen and oxygen atoms in total. The van der Waals surface area contributed by atoms with Gasteiger partial charge in [-0.25, -0.2) is 0 Å². The second-order valence-electron chi connectivity index (χ2n) is 5.57. The van der Waals surface area contributed by atoms with Crippen molar-refractivity contribution in [3.8, 4) is 5.75 Å². The van der Waals surface area contributed by atoms with Crippen LogP contribution in [-0.4, -0.2) is 24.5 Å². The fourth-order valence-corrected chi connectivity index (χ4v) is 2.22. The Kier molecular flexibility index (Phi) is 6.39. The van der Waals surface area contributed by atoms with E-state index < -0.39 is 6.04 Å². The largest absolute Gasteiger partial charge is 0.494 e. The topological polar surface area (TPSA) is 79.5 Å². The van der Waals surface area contributed by atoms with E-state index in [4.69, 9.17) is 4.74 Å². The molecule has 1 atom stereocenters. The SMILES string of the molecule is CCOc1ccc(N[C@@H](C)C(=O)Nc2ccc(NC(C)=O)cc2)cc1. The maximum atomic E-state index is 12.3. The lowest BCUT2D eigenvalue weighted by Crippen LogP contribution is -2.31. The molecule has 0 aliphatic heterocycles. The second-order valence-corrected chi connectivity index (χ2v) is 5.57. The molecule has 2 aromatic rings. The predicted octanol–water partition coefficient (Wildman–Crippen LogP) is 3.48. The molecule has 132 valence electrons. The second kappa shape index (κ2) is 8.73. The summed E-state index contributed by atoms with van der Waals surface area (Å²) in [4.78, 5) is 23.3. The van der Waals surface area contributed by atoms with Crippen molar-refractivity contribution in [2.75, 3.05) is 22.6 Å². The van der Waals surface area contributed by atoms with Crippen LogP contribution in [0.5, 0.6) is 5.75 Å². The molecule has 0 saturated carbocycles. The van der Waals surface area contributed by atoms with Crippen molar-refractivity contribution in [1.29, 1.82) is 0 Å². The lowest BCUT2D eigenvalue weighted by atomic mass is 10.2. The molecular formula is C19H23N3O3. The quantitative estimate of drug-likeness (QED) is 0.720. The van der Waals surface area contributed by atoms with Gasteiger partial charge in [-0.15, -0.1) is 0 Å². The van der Waals surface area contributed by atoms with Crippen molar-refractivity contribution in [2.45, 2.75) is 26.8 Å². The highest BCUT2D eigenvalue weighted by Crippen LogP contribution is 2.17. The van der Waals surface area contributed by atoms with E-state index in [2.05, 4.69) is 16.0 Å². The van der Waals surface area contributed by atoms with Gasteiger partial charge in [0.1, 0.15) is 11.8 Å². The number of amides is 2. The molecule has 0 fully saturated rings. The van der Waals surface area contributed by atoms with Gasteiger partial charge in [0, 0.05) is 24.0 Å². The molecule has 0 saturated heterocycles. The molecular weight excluding hydrogens is 318 g/mol. The smallest absolute Gasteiger partial charge is 0.246 e. The maximum Gasteiger partial charge on any atom is 0.246 e. The summed E-state index contributed by atoms with van der Waals surface area (Å²) in [6.45, 7) is 5.79. The molecule has 3 N–H and O–H groups in total. The summed E-state index contributed by atoms with van der Waals surface area (Å²) in [6, 6.07) is 14.0. The highest BCUT2D eigenvalue weighted by atomic mass is 16.5. The maximum absolute atomic E-state index is 12.3. The number of carbonyl (C=O) groups is 2. The van der Waals surface area contributed by atoms with E-state index in [0.717, 1.165) is 11.4 Å². The molecule has 0 aliphatic rings. The first-order valence-corrected chi connectivity index (χ1v) is 8.16. The van der Waals surface area contributed by atoms with Crippen LogP contribution < -0.4 is 20.7 Å². The molecule has 0 aromatic heterocycles. The van der Waals surface area contributed by atoms with Gasteiger partial charge in [-0.2, -0.15) is 0 Å². The number of carbonyl (C=O) groups excluding carboxylic acids is 2. The van der Waals surface area contributed by atoms with E-state index in [9.17, 15) is 9.59 Å². The lowest BCUT2D eigenvalue weighted by molar-refractivity contribution is -0.116. The zero-order valence-corrected chi connectivity index (χ0v) is 14.6. The van der Waals surface area contributed by atoms with Crippen molar-refractivity contribution in [3.63, 3.8) is 0 Å². The molecule has 25 heavy (non-hydrogen) atoms. The summed E-state index contributed by atoms with van der Waals surface area (Å²) in [7, 11) is 0. The van der Waals surface area contributed by atoms with Gasteiger partial charge < -0.3 is 20.7 Å². The van der Waals surface area contributed by atoms with Crippen LogP contribution in [0.15, 0.2) is 48.5 Å². The van der Waals surface area contributed by atoms with Crippen molar-refractivity contribution in [1.82, 2.24) is 0 Å². The average Bonchev–Trinajstić information content (AvgIpc) is 2.58. The fraction of sp³-hybridized carbons (Fsp3) is 0.263.